The summed E-state index contributed by atoms with van der Waals surface area (Å²) in [6.45, 7) is 3.08. The Labute approximate surface area is 298 Å². The van der Waals surface area contributed by atoms with Crippen LogP contribution in [0.3, 0.4) is 0 Å². The van der Waals surface area contributed by atoms with E-state index in [9.17, 15) is 29.1 Å². The van der Waals surface area contributed by atoms with Gasteiger partial charge in [-0.25, -0.2) is 0 Å². The zero-order valence-corrected chi connectivity index (χ0v) is 28.4. The van der Waals surface area contributed by atoms with E-state index in [1.54, 1.807) is 36.4 Å². The number of aromatic nitrogens is 2. The second kappa shape index (κ2) is 12.9. The number of aromatic hydroxyl groups is 1. The molecular weight excluding hydrogens is 670 g/mol. The molecule has 2 aromatic carbocycles. The summed E-state index contributed by atoms with van der Waals surface area (Å²) in [4.78, 5) is 66.4. The lowest BCUT2D eigenvalue weighted by atomic mass is 9.35. The van der Waals surface area contributed by atoms with Crippen LogP contribution in [0.1, 0.15) is 65.7 Å². The van der Waals surface area contributed by atoms with Gasteiger partial charge in [0.2, 0.25) is 17.7 Å². The van der Waals surface area contributed by atoms with Gasteiger partial charge in [0.15, 0.2) is 11.6 Å². The smallest absolute Gasteiger partial charge is 0.262 e. The Morgan fingerprint density at radius 1 is 0.942 bits per heavy atom. The van der Waals surface area contributed by atoms with E-state index in [0.29, 0.717) is 42.5 Å². The number of rotatable bonds is 11. The number of benzene rings is 2. The third-order valence-corrected chi connectivity index (χ3v) is 11.1. The number of phenols is 1. The molecule has 1 atom stereocenters. The predicted molar refractivity (Wildman–Crippen MR) is 184 cm³/mol. The molecule has 5 fully saturated rings. The second-order valence-electron chi connectivity index (χ2n) is 14.7. The lowest BCUT2D eigenvalue weighted by Gasteiger charge is -2.69. The van der Waals surface area contributed by atoms with Crippen LogP contribution in [0.15, 0.2) is 48.5 Å². The molecule has 4 heterocycles. The molecule has 5 N–H and O–H groups in total. The molecule has 3 aliphatic carbocycles. The van der Waals surface area contributed by atoms with E-state index in [0.717, 1.165) is 50.1 Å². The lowest BCUT2D eigenvalue weighted by Crippen LogP contribution is -2.70. The molecule has 2 saturated heterocycles. The summed E-state index contributed by atoms with van der Waals surface area (Å²) in [5.74, 6) is -0.945. The van der Waals surface area contributed by atoms with Gasteiger partial charge >= 0.3 is 0 Å². The highest BCUT2D eigenvalue weighted by Gasteiger charge is 2.71. The van der Waals surface area contributed by atoms with Crippen LogP contribution in [0.5, 0.6) is 17.2 Å². The van der Waals surface area contributed by atoms with Crippen molar-refractivity contribution in [1.29, 1.82) is 0 Å². The number of nitrogens with two attached hydrogens (primary N) is 1. The van der Waals surface area contributed by atoms with Crippen LogP contribution in [0.4, 0.5) is 5.82 Å². The summed E-state index contributed by atoms with van der Waals surface area (Å²) >= 11 is 0. The van der Waals surface area contributed by atoms with E-state index in [1.165, 1.54) is 12.1 Å². The van der Waals surface area contributed by atoms with Crippen molar-refractivity contribution in [2.24, 2.45) is 10.8 Å². The van der Waals surface area contributed by atoms with Crippen molar-refractivity contribution in [3.05, 3.63) is 59.7 Å². The van der Waals surface area contributed by atoms with Crippen LogP contribution in [0.2, 0.25) is 0 Å². The van der Waals surface area contributed by atoms with Crippen LogP contribution in [0, 0.1) is 10.8 Å². The first-order valence-electron chi connectivity index (χ1n) is 17.6. The normalized spacial score (nSPS) is 25.5. The van der Waals surface area contributed by atoms with Crippen LogP contribution < -0.4 is 25.8 Å². The Balaban J connectivity index is 0.759. The average Bonchev–Trinajstić information content (AvgIpc) is 3.33. The Morgan fingerprint density at radius 2 is 1.69 bits per heavy atom. The summed E-state index contributed by atoms with van der Waals surface area (Å²) in [6, 6.07) is 12.3. The highest BCUT2D eigenvalue weighted by atomic mass is 16.5. The van der Waals surface area contributed by atoms with Gasteiger partial charge in [0, 0.05) is 49.1 Å². The molecule has 1 aromatic heterocycles. The van der Waals surface area contributed by atoms with Crippen molar-refractivity contribution in [2.45, 2.75) is 57.0 Å². The van der Waals surface area contributed by atoms with Gasteiger partial charge in [-0.05, 0) is 68.9 Å². The minimum absolute atomic E-state index is 0.0555. The molecule has 5 amide bonds. The van der Waals surface area contributed by atoms with Crippen molar-refractivity contribution in [2.75, 3.05) is 38.6 Å². The fourth-order valence-electron chi connectivity index (χ4n) is 8.42. The van der Waals surface area contributed by atoms with E-state index in [4.69, 9.17) is 15.2 Å². The van der Waals surface area contributed by atoms with Crippen LogP contribution in [-0.2, 0) is 14.4 Å². The molecule has 15 heteroatoms. The van der Waals surface area contributed by atoms with Gasteiger partial charge in [-0.1, -0.05) is 12.1 Å². The zero-order chi connectivity index (χ0) is 36.2. The van der Waals surface area contributed by atoms with Crippen molar-refractivity contribution in [3.63, 3.8) is 0 Å². The molecule has 52 heavy (non-hydrogen) atoms. The minimum Gasteiger partial charge on any atom is -0.507 e. The number of nitrogen functional groups attached to an aromatic ring is 1. The molecule has 3 saturated carbocycles. The number of nitrogens with zero attached hydrogens (tertiary/aromatic N) is 4. The van der Waals surface area contributed by atoms with Gasteiger partial charge < -0.3 is 25.6 Å². The number of imide groups is 2. The maximum Gasteiger partial charge on any atom is 0.262 e. The highest BCUT2D eigenvalue weighted by molar-refractivity contribution is 6.23. The topological polar surface area (TPSA) is 206 Å². The second-order valence-corrected chi connectivity index (χ2v) is 14.7. The first kappa shape index (κ1) is 33.6. The van der Waals surface area contributed by atoms with Crippen LogP contribution >= 0.6 is 0 Å². The highest BCUT2D eigenvalue weighted by Crippen LogP contribution is 2.73. The number of carbonyl (C=O) groups is 5. The Morgan fingerprint density at radius 3 is 2.44 bits per heavy atom. The number of amides is 5. The number of ether oxygens (including phenoxy) is 2. The molecule has 6 aliphatic rings. The van der Waals surface area contributed by atoms with Gasteiger partial charge in [-0.2, -0.15) is 0 Å². The maximum absolute atomic E-state index is 13.3. The molecule has 1 unspecified atom stereocenters. The molecule has 9 rings (SSSR count). The number of para-hydroxylation sites is 1. The molecule has 2 bridgehead atoms. The van der Waals surface area contributed by atoms with Gasteiger partial charge in [0.1, 0.15) is 29.8 Å². The average molecular weight is 710 g/mol. The number of nitrogens with one attached hydrogen (secondary N) is 2. The Kier molecular flexibility index (Phi) is 8.32. The van der Waals surface area contributed by atoms with E-state index < -0.39 is 29.7 Å². The third kappa shape index (κ3) is 5.97. The summed E-state index contributed by atoms with van der Waals surface area (Å²) in [7, 11) is 0. The van der Waals surface area contributed by atoms with Crippen LogP contribution in [0.25, 0.3) is 11.3 Å². The largest absolute Gasteiger partial charge is 0.507 e. The molecular formula is C37H39N7O8. The summed E-state index contributed by atoms with van der Waals surface area (Å²) in [5.41, 5.74) is 7.03. The van der Waals surface area contributed by atoms with Gasteiger partial charge in [-0.3, -0.25) is 39.1 Å². The third-order valence-electron chi connectivity index (χ3n) is 11.1. The molecule has 3 aromatic rings. The maximum atomic E-state index is 13.3. The zero-order valence-electron chi connectivity index (χ0n) is 28.4. The summed E-state index contributed by atoms with van der Waals surface area (Å²) in [6.07, 6.45) is 4.13. The fraction of sp³-hybridized carbons (Fsp3) is 0.432. The monoisotopic (exact) mass is 709 g/mol. The lowest BCUT2D eigenvalue weighted by molar-refractivity contribution is -0.218. The van der Waals surface area contributed by atoms with Gasteiger partial charge in [0.25, 0.3) is 11.8 Å². The number of piperidine rings is 2. The van der Waals surface area contributed by atoms with Gasteiger partial charge in [0.05, 0.1) is 23.1 Å². The number of phenolic OH excluding ortho intramolecular Hbond substituents is 1. The number of carbonyl (C=O) groups excluding carboxylic acids is 5. The van der Waals surface area contributed by atoms with Crippen LogP contribution in [-0.4, -0.2) is 99.6 Å². The molecule has 15 nitrogen and oxygen atoms in total. The fourth-order valence-corrected chi connectivity index (χ4v) is 8.42. The molecule has 0 spiro atoms. The number of likely N-dealkylation sites (tertiary alicyclic amines) is 1. The van der Waals surface area contributed by atoms with Crippen molar-refractivity contribution < 1.29 is 38.6 Å². The quantitative estimate of drug-likeness (QED) is 0.211. The molecule has 0 radical (unpaired) electrons. The van der Waals surface area contributed by atoms with E-state index >= 15 is 0 Å². The number of fused-ring (bicyclic) bond motifs is 1. The number of hydrogen-bond acceptors (Lipinski definition) is 12. The molecule has 270 valence electrons. The molecule has 3 aliphatic heterocycles. The Bertz CT molecular complexity index is 1970. The Hall–Kier alpha value is -5.57. The van der Waals surface area contributed by atoms with Crippen molar-refractivity contribution >= 4 is 35.4 Å². The summed E-state index contributed by atoms with van der Waals surface area (Å²) in [5, 5.41) is 23.8. The first-order chi connectivity index (χ1) is 25.0. The van der Waals surface area contributed by atoms with Crippen molar-refractivity contribution in [1.82, 2.24) is 30.6 Å². The first-order valence-corrected chi connectivity index (χ1v) is 17.6. The minimum atomic E-state index is -1.01. The predicted octanol–water partition coefficient (Wildman–Crippen LogP) is 2.04. The van der Waals surface area contributed by atoms with Crippen molar-refractivity contribution in [3.8, 4) is 28.5 Å². The SMILES string of the molecule is Nc1nnc(-c2ccccc2O)cc1OCC12CC(C(=O)NC3CCN(CCOc4ccc5c(c4)C(=O)N(C4CCC(=O)NC4=O)C5=O)CC3)(C1)C2. The summed E-state index contributed by atoms with van der Waals surface area (Å²) < 4.78 is 12.0. The van der Waals surface area contributed by atoms with E-state index in [1.807, 2.05) is 0 Å². The van der Waals surface area contributed by atoms with E-state index in [2.05, 4.69) is 25.7 Å². The number of anilines is 1. The van der Waals surface area contributed by atoms with E-state index in [-0.39, 0.29) is 58.3 Å². The standard InChI is InChI=1S/C37H39N7O8/c38-31-29(16-26(41-42-31)24-3-1-2-4-28(24)45)52-20-36-17-37(18-36,19-36)35(50)39-21-9-11-43(12-10-21)13-14-51-22-5-6-23-25(15-22)34(49)44(33(23)48)27-7-8-30(46)40-32(27)47/h1-6,15-16,21,27,45H,7-14,17-20H2,(H2,38,42)(H,39,50)(H,40,46,47). The van der Waals surface area contributed by atoms with Gasteiger partial charge in [-0.15, -0.1) is 10.2 Å². The number of hydrogen-bond donors (Lipinski definition) is 4.